The van der Waals surface area contributed by atoms with Crippen LogP contribution in [0.2, 0.25) is 0 Å². The second-order valence-corrected chi connectivity index (χ2v) is 4.35. The minimum absolute atomic E-state index is 0.0278. The summed E-state index contributed by atoms with van der Waals surface area (Å²) in [5, 5.41) is 9.94. The van der Waals surface area contributed by atoms with Gasteiger partial charge in [-0.3, -0.25) is 0 Å². The first-order valence-corrected chi connectivity index (χ1v) is 5.08. The Morgan fingerprint density at radius 1 is 1.58 bits per heavy atom. The van der Waals surface area contributed by atoms with Gasteiger partial charge in [-0.25, -0.2) is 0 Å². The van der Waals surface area contributed by atoms with Gasteiger partial charge in [0.2, 0.25) is 0 Å². The summed E-state index contributed by atoms with van der Waals surface area (Å²) in [6.45, 7) is 4.41. The van der Waals surface area contributed by atoms with E-state index in [9.17, 15) is 5.11 Å². The Morgan fingerprint density at radius 2 is 2.33 bits per heavy atom. The Balaban J connectivity index is 2.20. The molecule has 4 atom stereocenters. The summed E-state index contributed by atoms with van der Waals surface area (Å²) in [7, 11) is 0. The molecule has 0 saturated heterocycles. The van der Waals surface area contributed by atoms with Crippen molar-refractivity contribution in [3.8, 4) is 0 Å². The van der Waals surface area contributed by atoms with Crippen LogP contribution in [0.15, 0.2) is 11.6 Å². The maximum Gasteiger partial charge on any atom is 0.0639 e. The second kappa shape index (κ2) is 2.88. The topological polar surface area (TPSA) is 20.2 Å². The van der Waals surface area contributed by atoms with Gasteiger partial charge in [-0.1, -0.05) is 25.0 Å². The predicted octanol–water partition coefficient (Wildman–Crippen LogP) is 2.36. The van der Waals surface area contributed by atoms with Crippen molar-refractivity contribution in [1.82, 2.24) is 0 Å². The molecule has 1 fully saturated rings. The smallest absolute Gasteiger partial charge is 0.0639 e. The minimum Gasteiger partial charge on any atom is -0.392 e. The molecule has 2 bridgehead atoms. The normalized spacial score (nSPS) is 46.1. The van der Waals surface area contributed by atoms with Crippen LogP contribution in [-0.2, 0) is 0 Å². The Hall–Kier alpha value is -0.300. The lowest BCUT2D eigenvalue weighted by Gasteiger charge is -2.25. The van der Waals surface area contributed by atoms with E-state index in [4.69, 9.17) is 0 Å². The fraction of sp³-hybridized carbons (Fsp3) is 0.818. The molecule has 1 saturated carbocycles. The van der Waals surface area contributed by atoms with Crippen LogP contribution in [0.1, 0.15) is 33.1 Å². The molecule has 0 heterocycles. The molecule has 2 aliphatic carbocycles. The van der Waals surface area contributed by atoms with Crippen LogP contribution >= 0.6 is 0 Å². The fourth-order valence-corrected chi connectivity index (χ4v) is 2.95. The van der Waals surface area contributed by atoms with E-state index >= 15 is 0 Å². The van der Waals surface area contributed by atoms with Crippen LogP contribution in [0.25, 0.3) is 0 Å². The van der Waals surface area contributed by atoms with Crippen molar-refractivity contribution in [2.24, 2.45) is 17.8 Å². The quantitative estimate of drug-likeness (QED) is 0.593. The van der Waals surface area contributed by atoms with Crippen LogP contribution in [0.3, 0.4) is 0 Å². The Morgan fingerprint density at radius 3 is 2.92 bits per heavy atom. The van der Waals surface area contributed by atoms with Crippen molar-refractivity contribution in [3.05, 3.63) is 11.6 Å². The van der Waals surface area contributed by atoms with Gasteiger partial charge in [0.1, 0.15) is 0 Å². The number of allylic oxidation sites excluding steroid dienone is 1. The Kier molecular flexibility index (Phi) is 1.99. The van der Waals surface area contributed by atoms with Crippen molar-refractivity contribution in [3.63, 3.8) is 0 Å². The molecule has 0 aromatic heterocycles. The number of fused-ring (bicyclic) bond motifs is 2. The van der Waals surface area contributed by atoms with E-state index in [1.165, 1.54) is 18.4 Å². The van der Waals surface area contributed by atoms with Crippen LogP contribution in [0, 0.1) is 17.8 Å². The van der Waals surface area contributed by atoms with Crippen molar-refractivity contribution in [1.29, 1.82) is 0 Å². The zero-order valence-electron chi connectivity index (χ0n) is 7.96. The molecule has 0 aromatic carbocycles. The van der Waals surface area contributed by atoms with Gasteiger partial charge >= 0.3 is 0 Å². The summed E-state index contributed by atoms with van der Waals surface area (Å²) in [4.78, 5) is 0. The summed E-state index contributed by atoms with van der Waals surface area (Å²) in [6, 6.07) is 0. The van der Waals surface area contributed by atoms with E-state index in [1.807, 2.05) is 0 Å². The molecule has 1 N–H and O–H groups in total. The van der Waals surface area contributed by atoms with Crippen molar-refractivity contribution < 1.29 is 5.11 Å². The molecule has 0 aliphatic heterocycles. The van der Waals surface area contributed by atoms with E-state index < -0.39 is 0 Å². The summed E-state index contributed by atoms with van der Waals surface area (Å²) < 4.78 is 0. The third kappa shape index (κ3) is 1.03. The van der Waals surface area contributed by atoms with E-state index in [0.29, 0.717) is 11.8 Å². The van der Waals surface area contributed by atoms with Gasteiger partial charge < -0.3 is 5.11 Å². The van der Waals surface area contributed by atoms with Gasteiger partial charge in [0.15, 0.2) is 0 Å². The molecule has 68 valence electrons. The van der Waals surface area contributed by atoms with Crippen LogP contribution in [0.4, 0.5) is 0 Å². The van der Waals surface area contributed by atoms with Crippen molar-refractivity contribution >= 4 is 0 Å². The Labute approximate surface area is 74.5 Å². The first-order chi connectivity index (χ1) is 5.74. The molecule has 0 amide bonds. The van der Waals surface area contributed by atoms with Crippen molar-refractivity contribution in [2.75, 3.05) is 0 Å². The molecule has 0 radical (unpaired) electrons. The molecule has 0 spiro atoms. The first-order valence-electron chi connectivity index (χ1n) is 5.08. The molecular formula is C11H18O. The third-order valence-electron chi connectivity index (χ3n) is 3.83. The summed E-state index contributed by atoms with van der Waals surface area (Å²) in [6.07, 6.45) is 5.88. The molecular weight excluding hydrogens is 148 g/mol. The number of rotatable bonds is 1. The van der Waals surface area contributed by atoms with Gasteiger partial charge in [0.25, 0.3) is 0 Å². The summed E-state index contributed by atoms with van der Waals surface area (Å²) >= 11 is 0. The fourth-order valence-electron chi connectivity index (χ4n) is 2.95. The van der Waals surface area contributed by atoms with Gasteiger partial charge in [0, 0.05) is 5.92 Å². The SMILES string of the molecule is CCC1C[C@@H]2C(C)=CCC1C2O. The van der Waals surface area contributed by atoms with E-state index in [-0.39, 0.29) is 6.10 Å². The lowest BCUT2D eigenvalue weighted by Crippen LogP contribution is -2.26. The maximum absolute atomic E-state index is 9.94. The van der Waals surface area contributed by atoms with Gasteiger partial charge in [-0.15, -0.1) is 0 Å². The minimum atomic E-state index is -0.0278. The van der Waals surface area contributed by atoms with Gasteiger partial charge in [-0.05, 0) is 31.6 Å². The van der Waals surface area contributed by atoms with E-state index in [0.717, 1.165) is 12.3 Å². The number of aliphatic hydroxyl groups excluding tert-OH is 1. The molecule has 3 unspecified atom stereocenters. The molecule has 12 heavy (non-hydrogen) atoms. The summed E-state index contributed by atoms with van der Waals surface area (Å²) in [5.41, 5.74) is 1.43. The zero-order valence-corrected chi connectivity index (χ0v) is 7.96. The predicted molar refractivity (Wildman–Crippen MR) is 49.8 cm³/mol. The zero-order chi connectivity index (χ0) is 8.72. The highest BCUT2D eigenvalue weighted by atomic mass is 16.3. The average molecular weight is 166 g/mol. The van der Waals surface area contributed by atoms with Crippen LogP contribution in [0.5, 0.6) is 0 Å². The molecule has 2 aliphatic rings. The highest BCUT2D eigenvalue weighted by Gasteiger charge is 2.43. The van der Waals surface area contributed by atoms with Crippen LogP contribution < -0.4 is 0 Å². The maximum atomic E-state index is 9.94. The monoisotopic (exact) mass is 166 g/mol. The highest BCUT2D eigenvalue weighted by molar-refractivity contribution is 5.16. The number of hydrogen-bond acceptors (Lipinski definition) is 1. The second-order valence-electron chi connectivity index (χ2n) is 4.35. The lowest BCUT2D eigenvalue weighted by atomic mass is 9.85. The van der Waals surface area contributed by atoms with Crippen LogP contribution in [-0.4, -0.2) is 11.2 Å². The van der Waals surface area contributed by atoms with E-state index in [1.54, 1.807) is 0 Å². The third-order valence-corrected chi connectivity index (χ3v) is 3.83. The standard InChI is InChI=1S/C11H18O/c1-3-8-6-10-7(2)4-5-9(8)11(10)12/h4,8-12H,3,5-6H2,1-2H3/t8?,9?,10-,11?/m1/s1. The molecule has 1 nitrogen and oxygen atoms in total. The lowest BCUT2D eigenvalue weighted by molar-refractivity contribution is 0.0877. The summed E-state index contributed by atoms with van der Waals surface area (Å²) in [5.74, 6) is 1.84. The number of hydrogen-bond donors (Lipinski definition) is 1. The Bertz CT molecular complexity index is 207. The van der Waals surface area contributed by atoms with E-state index in [2.05, 4.69) is 19.9 Å². The van der Waals surface area contributed by atoms with Gasteiger partial charge in [-0.2, -0.15) is 0 Å². The molecule has 2 rings (SSSR count). The van der Waals surface area contributed by atoms with Gasteiger partial charge in [0.05, 0.1) is 6.10 Å². The number of aliphatic hydroxyl groups is 1. The average Bonchev–Trinajstić information content (AvgIpc) is 2.26. The van der Waals surface area contributed by atoms with Crippen molar-refractivity contribution in [2.45, 2.75) is 39.2 Å². The molecule has 0 aromatic rings. The highest BCUT2D eigenvalue weighted by Crippen LogP contribution is 2.47. The largest absolute Gasteiger partial charge is 0.392 e. The molecule has 1 heteroatoms. The first kappa shape index (κ1) is 8.31.